The molecule has 0 spiro atoms. The summed E-state index contributed by atoms with van der Waals surface area (Å²) in [6.45, 7) is 0.0582. The molecule has 0 saturated carbocycles. The predicted octanol–water partition coefficient (Wildman–Crippen LogP) is 3.40. The van der Waals surface area contributed by atoms with Gasteiger partial charge in [-0.1, -0.05) is 30.3 Å². The first-order valence-electron chi connectivity index (χ1n) is 7.75. The van der Waals surface area contributed by atoms with Gasteiger partial charge in [-0.15, -0.1) is 0 Å². The van der Waals surface area contributed by atoms with E-state index in [0.29, 0.717) is 11.3 Å². The number of methoxy groups -OCH3 is 1. The molecule has 3 rings (SSSR count). The normalized spacial score (nSPS) is 10.2. The summed E-state index contributed by atoms with van der Waals surface area (Å²) in [6, 6.07) is 15.4. The molecule has 1 aromatic heterocycles. The Hall–Kier alpha value is -3.68. The van der Waals surface area contributed by atoms with Crippen molar-refractivity contribution in [3.8, 4) is 5.75 Å². The second kappa shape index (κ2) is 7.93. The van der Waals surface area contributed by atoms with Gasteiger partial charge in [0.15, 0.2) is 0 Å². The van der Waals surface area contributed by atoms with Crippen LogP contribution in [0.15, 0.2) is 59.0 Å². The Morgan fingerprint density at radius 3 is 2.54 bits per heavy atom. The fourth-order valence-corrected chi connectivity index (χ4v) is 2.20. The number of carbonyl (C=O) groups is 2. The Morgan fingerprint density at radius 2 is 1.81 bits per heavy atom. The zero-order valence-electron chi connectivity index (χ0n) is 13.9. The molecule has 0 atom stereocenters. The van der Waals surface area contributed by atoms with Gasteiger partial charge in [0.25, 0.3) is 0 Å². The van der Waals surface area contributed by atoms with E-state index in [4.69, 9.17) is 13.9 Å². The van der Waals surface area contributed by atoms with Crippen molar-refractivity contribution in [1.29, 1.82) is 0 Å². The third kappa shape index (κ3) is 4.44. The van der Waals surface area contributed by atoms with Crippen LogP contribution in [0.1, 0.15) is 5.56 Å². The lowest BCUT2D eigenvalue weighted by Gasteiger charge is -2.09. The van der Waals surface area contributed by atoms with E-state index in [-0.39, 0.29) is 12.5 Å². The largest absolute Gasteiger partial charge is 0.497 e. The molecule has 0 unspecified atom stereocenters. The number of para-hydroxylation sites is 1. The van der Waals surface area contributed by atoms with Crippen LogP contribution in [-0.2, 0) is 11.3 Å². The molecule has 0 aliphatic carbocycles. The van der Waals surface area contributed by atoms with Gasteiger partial charge in [-0.25, -0.2) is 20.4 Å². The lowest BCUT2D eigenvalue weighted by molar-refractivity contribution is 0.135. The van der Waals surface area contributed by atoms with Crippen molar-refractivity contribution in [2.75, 3.05) is 12.4 Å². The highest BCUT2D eigenvalue weighted by atomic mass is 16.6. The number of carbonyl (C=O) groups excluding carboxylic acids is 2. The standard InChI is InChI=1S/C18H17N3O5/c1-24-14-8-6-12(7-9-14)11-25-18(23)21-20-17(22)19-16-10-13-4-2-3-5-15(13)26-16/h2-10H,11H2,1H3,(H,21,23)(H2,19,20,22). The Balaban J connectivity index is 1.42. The number of hydrogen-bond acceptors (Lipinski definition) is 5. The van der Waals surface area contributed by atoms with E-state index in [1.54, 1.807) is 43.5 Å². The van der Waals surface area contributed by atoms with Crippen LogP contribution in [0.2, 0.25) is 0 Å². The first-order valence-corrected chi connectivity index (χ1v) is 7.75. The van der Waals surface area contributed by atoms with Gasteiger partial charge in [0.05, 0.1) is 7.11 Å². The monoisotopic (exact) mass is 355 g/mol. The molecule has 0 aliphatic rings. The third-order valence-electron chi connectivity index (χ3n) is 3.47. The number of hydrogen-bond donors (Lipinski definition) is 3. The molecule has 1 heterocycles. The van der Waals surface area contributed by atoms with Crippen LogP contribution >= 0.6 is 0 Å². The van der Waals surface area contributed by atoms with Crippen LogP contribution in [0, 0.1) is 0 Å². The number of urea groups is 1. The highest BCUT2D eigenvalue weighted by Crippen LogP contribution is 2.22. The average molecular weight is 355 g/mol. The van der Waals surface area contributed by atoms with Crippen LogP contribution in [0.25, 0.3) is 11.0 Å². The topological polar surface area (TPSA) is 102 Å². The van der Waals surface area contributed by atoms with Crippen LogP contribution < -0.4 is 20.9 Å². The molecule has 0 saturated heterocycles. The van der Waals surface area contributed by atoms with Gasteiger partial charge in [-0.3, -0.25) is 5.32 Å². The molecule has 0 fully saturated rings. The van der Waals surface area contributed by atoms with Crippen LogP contribution in [0.3, 0.4) is 0 Å². The molecule has 3 amide bonds. The summed E-state index contributed by atoms with van der Waals surface area (Å²) in [7, 11) is 1.57. The first-order chi connectivity index (χ1) is 12.6. The van der Waals surface area contributed by atoms with E-state index >= 15 is 0 Å². The highest BCUT2D eigenvalue weighted by molar-refractivity contribution is 5.91. The fourth-order valence-electron chi connectivity index (χ4n) is 2.20. The minimum atomic E-state index is -0.791. The maximum atomic E-state index is 11.8. The van der Waals surface area contributed by atoms with Gasteiger partial charge in [0.1, 0.15) is 17.9 Å². The number of fused-ring (bicyclic) bond motifs is 1. The molecule has 8 heteroatoms. The molecule has 8 nitrogen and oxygen atoms in total. The third-order valence-corrected chi connectivity index (χ3v) is 3.47. The molecule has 3 N–H and O–H groups in total. The minimum absolute atomic E-state index is 0.0582. The Bertz CT molecular complexity index is 872. The summed E-state index contributed by atoms with van der Waals surface area (Å²) in [5, 5.41) is 3.33. The zero-order chi connectivity index (χ0) is 18.4. The summed E-state index contributed by atoms with van der Waals surface area (Å²) in [5.74, 6) is 0.972. The number of rotatable bonds is 4. The van der Waals surface area contributed by atoms with Crippen molar-refractivity contribution in [1.82, 2.24) is 10.9 Å². The van der Waals surface area contributed by atoms with E-state index in [0.717, 1.165) is 10.9 Å². The molecule has 0 radical (unpaired) electrons. The maximum absolute atomic E-state index is 11.8. The van der Waals surface area contributed by atoms with E-state index in [2.05, 4.69) is 16.2 Å². The number of nitrogens with one attached hydrogen (secondary N) is 3. The van der Waals surface area contributed by atoms with E-state index in [1.165, 1.54) is 0 Å². The van der Waals surface area contributed by atoms with Gasteiger partial charge in [0.2, 0.25) is 5.88 Å². The lowest BCUT2D eigenvalue weighted by atomic mass is 10.2. The van der Waals surface area contributed by atoms with E-state index < -0.39 is 12.1 Å². The molecular formula is C18H17N3O5. The highest BCUT2D eigenvalue weighted by Gasteiger charge is 2.09. The first kappa shape index (κ1) is 17.2. The average Bonchev–Trinajstić information content (AvgIpc) is 3.07. The van der Waals surface area contributed by atoms with E-state index in [9.17, 15) is 9.59 Å². The molecule has 0 bridgehead atoms. The van der Waals surface area contributed by atoms with Crippen molar-refractivity contribution < 1.29 is 23.5 Å². The number of furan rings is 1. The number of anilines is 1. The number of hydrazine groups is 1. The Labute approximate surface area is 149 Å². The second-order valence-electron chi connectivity index (χ2n) is 5.28. The maximum Gasteiger partial charge on any atom is 0.426 e. The summed E-state index contributed by atoms with van der Waals surface area (Å²) in [4.78, 5) is 23.4. The predicted molar refractivity (Wildman–Crippen MR) is 94.7 cm³/mol. The second-order valence-corrected chi connectivity index (χ2v) is 5.28. The molecule has 26 heavy (non-hydrogen) atoms. The van der Waals surface area contributed by atoms with Crippen molar-refractivity contribution in [3.05, 3.63) is 60.2 Å². The summed E-state index contributed by atoms with van der Waals surface area (Å²) in [5.41, 5.74) is 5.75. The summed E-state index contributed by atoms with van der Waals surface area (Å²) < 4.78 is 15.5. The number of ether oxygens (including phenoxy) is 2. The molecular weight excluding hydrogens is 338 g/mol. The zero-order valence-corrected chi connectivity index (χ0v) is 13.9. The SMILES string of the molecule is COc1ccc(COC(=O)NNC(=O)Nc2cc3ccccc3o2)cc1. The van der Waals surface area contributed by atoms with Gasteiger partial charge in [0, 0.05) is 11.5 Å². The van der Waals surface area contributed by atoms with Gasteiger partial charge in [-0.2, -0.15) is 0 Å². The summed E-state index contributed by atoms with van der Waals surface area (Å²) >= 11 is 0. The Morgan fingerprint density at radius 1 is 1.04 bits per heavy atom. The van der Waals surface area contributed by atoms with Gasteiger partial charge < -0.3 is 13.9 Å². The molecule has 3 aromatic rings. The smallest absolute Gasteiger partial charge is 0.426 e. The van der Waals surface area contributed by atoms with Crippen LogP contribution in [-0.4, -0.2) is 19.2 Å². The van der Waals surface area contributed by atoms with Crippen molar-refractivity contribution in [2.45, 2.75) is 6.61 Å². The fraction of sp³-hybridized carbons (Fsp3) is 0.111. The summed E-state index contributed by atoms with van der Waals surface area (Å²) in [6.07, 6.45) is -0.791. The number of benzene rings is 2. The minimum Gasteiger partial charge on any atom is -0.497 e. The van der Waals surface area contributed by atoms with Gasteiger partial charge in [-0.05, 0) is 23.8 Å². The van der Waals surface area contributed by atoms with Crippen molar-refractivity contribution >= 4 is 29.0 Å². The van der Waals surface area contributed by atoms with E-state index in [1.807, 2.05) is 18.2 Å². The molecule has 2 aromatic carbocycles. The molecule has 134 valence electrons. The lowest BCUT2D eigenvalue weighted by Crippen LogP contribution is -2.44. The van der Waals surface area contributed by atoms with Crippen molar-refractivity contribution in [3.63, 3.8) is 0 Å². The van der Waals surface area contributed by atoms with Crippen LogP contribution in [0.4, 0.5) is 15.5 Å². The van der Waals surface area contributed by atoms with Gasteiger partial charge >= 0.3 is 12.1 Å². The Kier molecular flexibility index (Phi) is 5.23. The quantitative estimate of drug-likeness (QED) is 0.623. The van der Waals surface area contributed by atoms with Crippen LogP contribution in [0.5, 0.6) is 5.75 Å². The number of amides is 3. The van der Waals surface area contributed by atoms with Crippen molar-refractivity contribution in [2.24, 2.45) is 0 Å². The molecule has 0 aliphatic heterocycles.